The molecule has 1 heterocycles. The minimum atomic E-state index is -0.487. The Kier molecular flexibility index (Phi) is 4.26. The van der Waals surface area contributed by atoms with Gasteiger partial charge in [0, 0.05) is 30.4 Å². The topological polar surface area (TPSA) is 71.2 Å². The largest absolute Gasteiger partial charge is 0.398 e. The number of nitrogens with two attached hydrogens (primary N) is 1. The minimum absolute atomic E-state index is 0.0389. The molecule has 6 heteroatoms. The first-order chi connectivity index (χ1) is 9.90. The summed E-state index contributed by atoms with van der Waals surface area (Å²) in [6.45, 7) is 3.79. The number of carbonyl (C=O) groups excluding carboxylic acids is 1. The zero-order chi connectivity index (χ0) is 15.6. The lowest BCUT2D eigenvalue weighted by Gasteiger charge is -2.22. The summed E-state index contributed by atoms with van der Waals surface area (Å²) in [6.07, 6.45) is 1.58. The van der Waals surface area contributed by atoms with E-state index >= 15 is 0 Å². The molecule has 0 saturated carbocycles. The Bertz CT molecular complexity index is 672. The van der Waals surface area contributed by atoms with Gasteiger partial charge in [-0.05, 0) is 32.0 Å². The molecule has 0 aliphatic heterocycles. The van der Waals surface area contributed by atoms with Gasteiger partial charge in [-0.25, -0.2) is 4.39 Å². The standard InChI is InChI=1S/C15H19FN4O/c1-9(2)19-13(21)8-20(3)15-11(16)7-12(17)10-5-4-6-18-14(10)15/h4-7,9H,8,17H2,1-3H3,(H,19,21). The third kappa shape index (κ3) is 3.21. The van der Waals surface area contributed by atoms with Crippen LogP contribution >= 0.6 is 0 Å². The van der Waals surface area contributed by atoms with Gasteiger partial charge < -0.3 is 16.0 Å². The van der Waals surface area contributed by atoms with Crippen molar-refractivity contribution in [3.8, 4) is 0 Å². The van der Waals surface area contributed by atoms with Crippen molar-refractivity contribution in [3.05, 3.63) is 30.2 Å². The summed E-state index contributed by atoms with van der Waals surface area (Å²) in [7, 11) is 1.66. The van der Waals surface area contributed by atoms with Crippen molar-refractivity contribution in [1.82, 2.24) is 10.3 Å². The fraction of sp³-hybridized carbons (Fsp3) is 0.333. The Morgan fingerprint density at radius 1 is 1.52 bits per heavy atom. The number of carbonyl (C=O) groups is 1. The van der Waals surface area contributed by atoms with Gasteiger partial charge in [0.1, 0.15) is 0 Å². The molecule has 0 bridgehead atoms. The van der Waals surface area contributed by atoms with Gasteiger partial charge in [-0.15, -0.1) is 0 Å². The molecule has 0 aliphatic carbocycles. The van der Waals surface area contributed by atoms with E-state index < -0.39 is 5.82 Å². The lowest BCUT2D eigenvalue weighted by atomic mass is 10.1. The second-order valence-corrected chi connectivity index (χ2v) is 5.27. The van der Waals surface area contributed by atoms with Gasteiger partial charge in [-0.1, -0.05) is 0 Å². The number of nitrogens with zero attached hydrogens (tertiary/aromatic N) is 2. The average Bonchev–Trinajstić information content (AvgIpc) is 2.37. The summed E-state index contributed by atoms with van der Waals surface area (Å²) in [5.74, 6) is -0.661. The zero-order valence-electron chi connectivity index (χ0n) is 12.4. The molecule has 3 N–H and O–H groups in total. The van der Waals surface area contributed by atoms with Crippen molar-refractivity contribution < 1.29 is 9.18 Å². The van der Waals surface area contributed by atoms with Crippen LogP contribution < -0.4 is 16.0 Å². The van der Waals surface area contributed by atoms with Gasteiger partial charge in [0.15, 0.2) is 5.82 Å². The van der Waals surface area contributed by atoms with Crippen molar-refractivity contribution in [1.29, 1.82) is 0 Å². The Labute approximate surface area is 122 Å². The number of amides is 1. The maximum Gasteiger partial charge on any atom is 0.239 e. The molecule has 0 aliphatic rings. The fourth-order valence-electron chi connectivity index (χ4n) is 2.25. The van der Waals surface area contributed by atoms with E-state index in [0.717, 1.165) is 0 Å². The summed E-state index contributed by atoms with van der Waals surface area (Å²) in [5, 5.41) is 3.45. The number of likely N-dealkylation sites (N-methyl/N-ethyl adjacent to an activating group) is 1. The molecular formula is C15H19FN4O. The zero-order valence-corrected chi connectivity index (χ0v) is 12.4. The smallest absolute Gasteiger partial charge is 0.239 e. The molecule has 0 atom stereocenters. The summed E-state index contributed by atoms with van der Waals surface area (Å²) in [5.41, 5.74) is 6.88. The first-order valence-electron chi connectivity index (χ1n) is 6.73. The van der Waals surface area contributed by atoms with E-state index in [1.54, 1.807) is 30.3 Å². The Morgan fingerprint density at radius 3 is 2.90 bits per heavy atom. The molecule has 0 spiro atoms. The van der Waals surface area contributed by atoms with Crippen LogP contribution in [0.15, 0.2) is 24.4 Å². The van der Waals surface area contributed by atoms with Crippen molar-refractivity contribution in [2.45, 2.75) is 19.9 Å². The number of hydrogen-bond donors (Lipinski definition) is 2. The average molecular weight is 290 g/mol. The third-order valence-corrected chi connectivity index (χ3v) is 3.06. The molecule has 0 radical (unpaired) electrons. The quantitative estimate of drug-likeness (QED) is 0.844. The van der Waals surface area contributed by atoms with Crippen molar-refractivity contribution in [2.75, 3.05) is 24.2 Å². The van der Waals surface area contributed by atoms with E-state index in [-0.39, 0.29) is 24.2 Å². The molecule has 0 fully saturated rings. The van der Waals surface area contributed by atoms with Crippen LogP contribution in [0.4, 0.5) is 15.8 Å². The van der Waals surface area contributed by atoms with E-state index in [9.17, 15) is 9.18 Å². The van der Waals surface area contributed by atoms with Crippen LogP contribution in [0.25, 0.3) is 10.9 Å². The molecule has 1 aromatic heterocycles. The maximum atomic E-state index is 14.3. The number of fused-ring (bicyclic) bond motifs is 1. The van der Waals surface area contributed by atoms with Gasteiger partial charge in [0.25, 0.3) is 0 Å². The Hall–Kier alpha value is -2.37. The summed E-state index contributed by atoms with van der Waals surface area (Å²) in [6, 6.07) is 4.82. The summed E-state index contributed by atoms with van der Waals surface area (Å²) in [4.78, 5) is 17.6. The van der Waals surface area contributed by atoms with Crippen LogP contribution in [0.5, 0.6) is 0 Å². The van der Waals surface area contributed by atoms with E-state index in [1.165, 1.54) is 6.07 Å². The van der Waals surface area contributed by atoms with E-state index in [2.05, 4.69) is 10.3 Å². The predicted molar refractivity (Wildman–Crippen MR) is 82.7 cm³/mol. The molecule has 0 saturated heterocycles. The lowest BCUT2D eigenvalue weighted by Crippen LogP contribution is -2.39. The number of nitrogen functional groups attached to an aromatic ring is 1. The lowest BCUT2D eigenvalue weighted by molar-refractivity contribution is -0.120. The highest BCUT2D eigenvalue weighted by molar-refractivity contribution is 5.99. The van der Waals surface area contributed by atoms with Gasteiger partial charge in [0.05, 0.1) is 17.7 Å². The molecular weight excluding hydrogens is 271 g/mol. The van der Waals surface area contributed by atoms with Crippen molar-refractivity contribution in [3.63, 3.8) is 0 Å². The third-order valence-electron chi connectivity index (χ3n) is 3.06. The normalized spacial score (nSPS) is 10.9. The second-order valence-electron chi connectivity index (χ2n) is 5.27. The first kappa shape index (κ1) is 15.0. The van der Waals surface area contributed by atoms with Gasteiger partial charge >= 0.3 is 0 Å². The van der Waals surface area contributed by atoms with Gasteiger partial charge in [0.2, 0.25) is 5.91 Å². The van der Waals surface area contributed by atoms with Crippen LogP contribution in [0.3, 0.4) is 0 Å². The Morgan fingerprint density at radius 2 is 2.24 bits per heavy atom. The van der Waals surface area contributed by atoms with Crippen molar-refractivity contribution >= 4 is 28.2 Å². The number of anilines is 2. The van der Waals surface area contributed by atoms with E-state index in [0.29, 0.717) is 16.6 Å². The second kappa shape index (κ2) is 5.95. The molecule has 112 valence electrons. The number of pyridine rings is 1. The number of aromatic nitrogens is 1. The van der Waals surface area contributed by atoms with Gasteiger partial charge in [-0.3, -0.25) is 9.78 Å². The monoisotopic (exact) mass is 290 g/mol. The van der Waals surface area contributed by atoms with E-state index in [4.69, 9.17) is 5.73 Å². The molecule has 1 amide bonds. The molecule has 1 aromatic carbocycles. The molecule has 5 nitrogen and oxygen atoms in total. The molecule has 0 unspecified atom stereocenters. The molecule has 2 aromatic rings. The van der Waals surface area contributed by atoms with Gasteiger partial charge in [-0.2, -0.15) is 0 Å². The SMILES string of the molecule is CC(C)NC(=O)CN(C)c1c(F)cc(N)c2cccnc12. The van der Waals surface area contributed by atoms with Crippen LogP contribution in [-0.2, 0) is 4.79 Å². The summed E-state index contributed by atoms with van der Waals surface area (Å²) >= 11 is 0. The van der Waals surface area contributed by atoms with Crippen molar-refractivity contribution in [2.24, 2.45) is 0 Å². The highest BCUT2D eigenvalue weighted by Crippen LogP contribution is 2.31. The summed E-state index contributed by atoms with van der Waals surface area (Å²) < 4.78 is 14.3. The van der Waals surface area contributed by atoms with Crippen LogP contribution in [0.1, 0.15) is 13.8 Å². The number of hydrogen-bond acceptors (Lipinski definition) is 4. The molecule has 21 heavy (non-hydrogen) atoms. The highest BCUT2D eigenvalue weighted by Gasteiger charge is 2.17. The van der Waals surface area contributed by atoms with Crippen LogP contribution in [0.2, 0.25) is 0 Å². The number of halogens is 1. The maximum absolute atomic E-state index is 14.3. The van der Waals surface area contributed by atoms with Crippen LogP contribution in [-0.4, -0.2) is 30.5 Å². The molecule has 2 rings (SSSR count). The highest BCUT2D eigenvalue weighted by atomic mass is 19.1. The first-order valence-corrected chi connectivity index (χ1v) is 6.73. The van der Waals surface area contributed by atoms with Crippen LogP contribution in [0, 0.1) is 5.82 Å². The number of rotatable bonds is 4. The number of nitrogens with one attached hydrogen (secondary N) is 1. The number of benzene rings is 1. The minimum Gasteiger partial charge on any atom is -0.398 e. The Balaban J connectivity index is 2.39. The fourth-order valence-corrected chi connectivity index (χ4v) is 2.25. The van der Waals surface area contributed by atoms with E-state index in [1.807, 2.05) is 13.8 Å². The predicted octanol–water partition coefficient (Wildman–Crippen LogP) is 1.92.